The molecular formula is C12H9N3O. The van der Waals surface area contributed by atoms with Gasteiger partial charge in [0.05, 0.1) is 6.33 Å². The topological polar surface area (TPSA) is 71.8 Å². The Morgan fingerprint density at radius 2 is 2.00 bits per heavy atom. The molecule has 1 heterocycles. The molecule has 0 saturated heterocycles. The zero-order chi connectivity index (χ0) is 11.4. The first-order valence-electron chi connectivity index (χ1n) is 4.67. The molecule has 0 saturated carbocycles. The number of primary amides is 1. The summed E-state index contributed by atoms with van der Waals surface area (Å²) in [6.07, 6.45) is 1.40. The van der Waals surface area contributed by atoms with Crippen LogP contribution in [0.4, 0.5) is 0 Å². The Morgan fingerprint density at radius 1 is 1.25 bits per heavy atom. The van der Waals surface area contributed by atoms with Crippen molar-refractivity contribution in [3.63, 3.8) is 0 Å². The Labute approximate surface area is 92.5 Å². The SMILES string of the molecule is NC(=O)c1nc[nH]c1C#Cc1ccccc1. The van der Waals surface area contributed by atoms with Crippen LogP contribution < -0.4 is 5.73 Å². The lowest BCUT2D eigenvalue weighted by molar-refractivity contribution is 0.0996. The number of aromatic nitrogens is 2. The third kappa shape index (κ3) is 2.10. The second-order valence-corrected chi connectivity index (χ2v) is 3.11. The molecule has 2 aromatic rings. The summed E-state index contributed by atoms with van der Waals surface area (Å²) in [5.74, 6) is 5.15. The molecule has 0 atom stereocenters. The van der Waals surface area contributed by atoms with Gasteiger partial charge in [-0.05, 0) is 18.1 Å². The summed E-state index contributed by atoms with van der Waals surface area (Å²) in [5.41, 5.74) is 6.62. The smallest absolute Gasteiger partial charge is 0.270 e. The molecule has 1 amide bonds. The molecule has 0 radical (unpaired) electrons. The van der Waals surface area contributed by atoms with E-state index in [1.807, 2.05) is 30.3 Å². The van der Waals surface area contributed by atoms with Gasteiger partial charge < -0.3 is 10.7 Å². The molecule has 16 heavy (non-hydrogen) atoms. The van der Waals surface area contributed by atoms with E-state index in [9.17, 15) is 4.79 Å². The summed E-state index contributed by atoms with van der Waals surface area (Å²) in [4.78, 5) is 17.5. The molecule has 4 heteroatoms. The molecule has 0 bridgehead atoms. The number of H-pyrrole nitrogens is 1. The highest BCUT2D eigenvalue weighted by atomic mass is 16.1. The van der Waals surface area contributed by atoms with Gasteiger partial charge in [-0.15, -0.1) is 0 Å². The maximum Gasteiger partial charge on any atom is 0.270 e. The lowest BCUT2D eigenvalue weighted by Gasteiger charge is -1.89. The van der Waals surface area contributed by atoms with Crippen molar-refractivity contribution in [2.45, 2.75) is 0 Å². The number of aromatic amines is 1. The predicted octanol–water partition coefficient (Wildman–Crippen LogP) is 0.908. The van der Waals surface area contributed by atoms with Gasteiger partial charge in [0.15, 0.2) is 5.69 Å². The van der Waals surface area contributed by atoms with Crippen LogP contribution in [0.15, 0.2) is 36.7 Å². The fourth-order valence-corrected chi connectivity index (χ4v) is 1.23. The highest BCUT2D eigenvalue weighted by Crippen LogP contribution is 2.01. The van der Waals surface area contributed by atoms with E-state index in [-0.39, 0.29) is 5.69 Å². The van der Waals surface area contributed by atoms with Gasteiger partial charge in [-0.2, -0.15) is 0 Å². The first-order valence-corrected chi connectivity index (χ1v) is 4.67. The van der Waals surface area contributed by atoms with Crippen molar-refractivity contribution in [3.05, 3.63) is 53.6 Å². The minimum atomic E-state index is -0.585. The van der Waals surface area contributed by atoms with Gasteiger partial charge in [0.25, 0.3) is 5.91 Å². The minimum Gasteiger partial charge on any atom is -0.364 e. The zero-order valence-corrected chi connectivity index (χ0v) is 8.40. The van der Waals surface area contributed by atoms with Crippen molar-refractivity contribution in [2.24, 2.45) is 5.73 Å². The summed E-state index contributed by atoms with van der Waals surface area (Å²) in [5, 5.41) is 0. The van der Waals surface area contributed by atoms with Gasteiger partial charge >= 0.3 is 0 Å². The molecule has 0 aliphatic carbocycles. The third-order valence-electron chi connectivity index (χ3n) is 1.98. The maximum absolute atomic E-state index is 11.0. The Bertz CT molecular complexity index is 561. The standard InChI is InChI=1S/C12H9N3O/c13-12(16)11-10(14-8-15-11)7-6-9-4-2-1-3-5-9/h1-5,8H,(H2,13,16)(H,14,15). The van der Waals surface area contributed by atoms with E-state index in [0.29, 0.717) is 5.69 Å². The van der Waals surface area contributed by atoms with Crippen LogP contribution in [0.25, 0.3) is 0 Å². The molecule has 78 valence electrons. The van der Waals surface area contributed by atoms with Crippen LogP contribution in [0.2, 0.25) is 0 Å². The molecule has 2 rings (SSSR count). The number of hydrogen-bond acceptors (Lipinski definition) is 2. The largest absolute Gasteiger partial charge is 0.364 e. The van der Waals surface area contributed by atoms with Crippen molar-refractivity contribution in [1.82, 2.24) is 9.97 Å². The number of carbonyl (C=O) groups excluding carboxylic acids is 1. The summed E-state index contributed by atoms with van der Waals surface area (Å²) in [7, 11) is 0. The molecule has 3 N–H and O–H groups in total. The first kappa shape index (κ1) is 9.99. The quantitative estimate of drug-likeness (QED) is 0.688. The van der Waals surface area contributed by atoms with Crippen LogP contribution in [0.5, 0.6) is 0 Å². The number of nitrogens with two attached hydrogens (primary N) is 1. The molecule has 0 fully saturated rings. The van der Waals surface area contributed by atoms with Crippen LogP contribution in [-0.2, 0) is 0 Å². The van der Waals surface area contributed by atoms with Crippen LogP contribution in [-0.4, -0.2) is 15.9 Å². The molecule has 1 aromatic carbocycles. The number of benzene rings is 1. The molecule has 0 spiro atoms. The van der Waals surface area contributed by atoms with Crippen LogP contribution in [0.3, 0.4) is 0 Å². The van der Waals surface area contributed by atoms with Gasteiger partial charge in [0.2, 0.25) is 0 Å². The molecule has 0 aliphatic heterocycles. The molecule has 1 aromatic heterocycles. The van der Waals surface area contributed by atoms with Gasteiger partial charge in [0.1, 0.15) is 5.69 Å². The highest BCUT2D eigenvalue weighted by Gasteiger charge is 2.08. The van der Waals surface area contributed by atoms with E-state index in [4.69, 9.17) is 5.73 Å². The predicted molar refractivity (Wildman–Crippen MR) is 59.5 cm³/mol. The van der Waals surface area contributed by atoms with Crippen molar-refractivity contribution >= 4 is 5.91 Å². The normalized spacial score (nSPS) is 9.25. The highest BCUT2D eigenvalue weighted by molar-refractivity contribution is 5.92. The van der Waals surface area contributed by atoms with Crippen molar-refractivity contribution in [2.75, 3.05) is 0 Å². The fraction of sp³-hybridized carbons (Fsp3) is 0. The second kappa shape index (κ2) is 4.32. The van der Waals surface area contributed by atoms with E-state index in [0.717, 1.165) is 5.56 Å². The van der Waals surface area contributed by atoms with Crippen LogP contribution in [0.1, 0.15) is 21.7 Å². The van der Waals surface area contributed by atoms with Crippen molar-refractivity contribution < 1.29 is 4.79 Å². The summed E-state index contributed by atoms with van der Waals surface area (Å²) >= 11 is 0. The number of nitrogens with one attached hydrogen (secondary N) is 1. The van der Waals surface area contributed by atoms with Gasteiger partial charge in [0, 0.05) is 5.56 Å². The number of rotatable bonds is 1. The first-order chi connectivity index (χ1) is 7.77. The maximum atomic E-state index is 11.0. The van der Waals surface area contributed by atoms with Crippen LogP contribution in [0, 0.1) is 11.8 Å². The monoisotopic (exact) mass is 211 g/mol. The number of imidazole rings is 1. The number of nitrogens with zero attached hydrogens (tertiary/aromatic N) is 1. The fourth-order valence-electron chi connectivity index (χ4n) is 1.23. The summed E-state index contributed by atoms with van der Waals surface area (Å²) in [6.45, 7) is 0. The Balaban J connectivity index is 2.31. The third-order valence-corrected chi connectivity index (χ3v) is 1.98. The van der Waals surface area contributed by atoms with E-state index in [1.165, 1.54) is 6.33 Å². The Kier molecular flexibility index (Phi) is 2.70. The molecular weight excluding hydrogens is 202 g/mol. The lowest BCUT2D eigenvalue weighted by Crippen LogP contribution is -2.12. The molecule has 0 aliphatic rings. The van der Waals surface area contributed by atoms with E-state index >= 15 is 0 Å². The average Bonchev–Trinajstić information content (AvgIpc) is 2.76. The van der Waals surface area contributed by atoms with E-state index < -0.39 is 5.91 Å². The average molecular weight is 211 g/mol. The van der Waals surface area contributed by atoms with Crippen molar-refractivity contribution in [3.8, 4) is 11.8 Å². The zero-order valence-electron chi connectivity index (χ0n) is 8.40. The number of carbonyl (C=O) groups is 1. The summed E-state index contributed by atoms with van der Waals surface area (Å²) < 4.78 is 0. The number of amides is 1. The molecule has 4 nitrogen and oxygen atoms in total. The van der Waals surface area contributed by atoms with Gasteiger partial charge in [-0.1, -0.05) is 24.1 Å². The van der Waals surface area contributed by atoms with Gasteiger partial charge in [-0.25, -0.2) is 4.98 Å². The van der Waals surface area contributed by atoms with Gasteiger partial charge in [-0.3, -0.25) is 4.79 Å². The Morgan fingerprint density at radius 3 is 2.69 bits per heavy atom. The minimum absolute atomic E-state index is 0.170. The van der Waals surface area contributed by atoms with E-state index in [2.05, 4.69) is 21.8 Å². The lowest BCUT2D eigenvalue weighted by atomic mass is 10.2. The van der Waals surface area contributed by atoms with Crippen molar-refractivity contribution in [1.29, 1.82) is 0 Å². The summed E-state index contributed by atoms with van der Waals surface area (Å²) in [6, 6.07) is 9.47. The van der Waals surface area contributed by atoms with Crippen LogP contribution >= 0.6 is 0 Å². The second-order valence-electron chi connectivity index (χ2n) is 3.11. The van der Waals surface area contributed by atoms with E-state index in [1.54, 1.807) is 0 Å². The molecule has 0 unspecified atom stereocenters. The number of hydrogen-bond donors (Lipinski definition) is 2. The Hall–Kier alpha value is -2.54.